The van der Waals surface area contributed by atoms with Crippen LogP contribution in [0.2, 0.25) is 0 Å². The number of Topliss-reactive ketones (excluding diaryl/α,β-unsaturated/α-hetero) is 1. The second-order valence-electron chi connectivity index (χ2n) is 3.60. The van der Waals surface area contributed by atoms with Gasteiger partial charge >= 0.3 is 0 Å². The number of ketones is 1. The van der Waals surface area contributed by atoms with E-state index >= 15 is 0 Å². The van der Waals surface area contributed by atoms with Gasteiger partial charge in [-0.25, -0.2) is 0 Å². The quantitative estimate of drug-likeness (QED) is 0.662. The average molecular weight is 220 g/mol. The Morgan fingerprint density at radius 1 is 1.38 bits per heavy atom. The van der Waals surface area contributed by atoms with Gasteiger partial charge in [-0.3, -0.25) is 9.48 Å². The Balaban J connectivity index is 2.17. The molecule has 0 aromatic carbocycles. The zero-order chi connectivity index (χ0) is 11.7. The first-order valence-corrected chi connectivity index (χ1v) is 4.82. The molecule has 0 unspecified atom stereocenters. The molecule has 2 heterocycles. The number of rotatable bonds is 3. The summed E-state index contributed by atoms with van der Waals surface area (Å²) in [5.74, 6) is 0.384. The predicted molar refractivity (Wildman–Crippen MR) is 54.8 cm³/mol. The number of aromatic nitrogens is 6. The highest BCUT2D eigenvalue weighted by atomic mass is 16.1. The maximum atomic E-state index is 11.9. The second kappa shape index (κ2) is 3.84. The molecule has 84 valence electrons. The monoisotopic (exact) mass is 220 g/mol. The van der Waals surface area contributed by atoms with Crippen LogP contribution in [-0.2, 0) is 20.5 Å². The molecule has 0 amide bonds. The third kappa shape index (κ3) is 1.97. The molecule has 0 atom stereocenters. The Bertz CT molecular complexity index is 526. The standard InChI is InChI=1S/C9H12N6O/c1-6-7(5-14(2)11-6)8(16)4-9-10-13-15(3)12-9/h5H,4H2,1-3H3. The Morgan fingerprint density at radius 3 is 2.62 bits per heavy atom. The van der Waals surface area contributed by atoms with E-state index in [2.05, 4.69) is 20.5 Å². The summed E-state index contributed by atoms with van der Waals surface area (Å²) in [6.45, 7) is 1.80. The highest BCUT2D eigenvalue weighted by molar-refractivity contribution is 5.97. The average Bonchev–Trinajstić information content (AvgIpc) is 2.73. The summed E-state index contributed by atoms with van der Waals surface area (Å²) in [6.07, 6.45) is 1.86. The summed E-state index contributed by atoms with van der Waals surface area (Å²) in [6, 6.07) is 0. The molecule has 0 radical (unpaired) electrons. The zero-order valence-corrected chi connectivity index (χ0v) is 9.38. The summed E-state index contributed by atoms with van der Waals surface area (Å²) < 4.78 is 1.62. The minimum absolute atomic E-state index is 0.0430. The molecule has 0 bridgehead atoms. The van der Waals surface area contributed by atoms with Crippen LogP contribution in [0.25, 0.3) is 0 Å². The number of hydrogen-bond donors (Lipinski definition) is 0. The van der Waals surface area contributed by atoms with E-state index in [0.29, 0.717) is 11.4 Å². The maximum Gasteiger partial charge on any atom is 0.182 e. The van der Waals surface area contributed by atoms with E-state index in [0.717, 1.165) is 5.69 Å². The van der Waals surface area contributed by atoms with E-state index in [9.17, 15) is 4.79 Å². The lowest BCUT2D eigenvalue weighted by molar-refractivity contribution is 0.0990. The van der Waals surface area contributed by atoms with E-state index in [1.54, 1.807) is 31.9 Å². The van der Waals surface area contributed by atoms with Crippen molar-refractivity contribution in [1.29, 1.82) is 0 Å². The number of hydrogen-bond acceptors (Lipinski definition) is 5. The summed E-state index contributed by atoms with van der Waals surface area (Å²) in [5, 5.41) is 15.5. The SMILES string of the molecule is Cc1nn(C)cc1C(=O)Cc1nnn(C)n1. The molecule has 2 rings (SSSR count). The topological polar surface area (TPSA) is 78.5 Å². The van der Waals surface area contributed by atoms with Gasteiger partial charge in [-0.2, -0.15) is 9.90 Å². The van der Waals surface area contributed by atoms with Gasteiger partial charge in [0.05, 0.1) is 24.7 Å². The molecule has 7 heteroatoms. The van der Waals surface area contributed by atoms with E-state index in [1.807, 2.05) is 0 Å². The smallest absolute Gasteiger partial charge is 0.182 e. The Labute approximate surface area is 92.1 Å². The fourth-order valence-corrected chi connectivity index (χ4v) is 1.51. The zero-order valence-electron chi connectivity index (χ0n) is 9.38. The predicted octanol–water partition coefficient (Wildman–Crippen LogP) is -0.323. The molecule has 0 N–H and O–H groups in total. The molecule has 0 saturated carbocycles. The lowest BCUT2D eigenvalue weighted by atomic mass is 10.1. The van der Waals surface area contributed by atoms with Crippen molar-refractivity contribution in [2.45, 2.75) is 13.3 Å². The normalized spacial score (nSPS) is 10.7. The lowest BCUT2D eigenvalue weighted by Crippen LogP contribution is -2.06. The third-order valence-electron chi connectivity index (χ3n) is 2.18. The summed E-state index contributed by atoms with van der Waals surface area (Å²) in [5.41, 5.74) is 1.33. The number of carbonyl (C=O) groups excluding carboxylic acids is 1. The number of tetrazole rings is 1. The molecule has 0 saturated heterocycles. The van der Waals surface area contributed by atoms with Crippen LogP contribution in [0.3, 0.4) is 0 Å². The van der Waals surface area contributed by atoms with Gasteiger partial charge in [-0.15, -0.1) is 10.2 Å². The van der Waals surface area contributed by atoms with E-state index in [1.165, 1.54) is 4.80 Å². The highest BCUT2D eigenvalue weighted by Gasteiger charge is 2.15. The van der Waals surface area contributed by atoms with Crippen molar-refractivity contribution in [3.8, 4) is 0 Å². The molecule has 0 aliphatic carbocycles. The molecular weight excluding hydrogens is 208 g/mol. The van der Waals surface area contributed by atoms with Crippen molar-refractivity contribution in [3.05, 3.63) is 23.3 Å². The van der Waals surface area contributed by atoms with E-state index < -0.39 is 0 Å². The second-order valence-corrected chi connectivity index (χ2v) is 3.60. The van der Waals surface area contributed by atoms with Crippen molar-refractivity contribution in [1.82, 2.24) is 30.0 Å². The Hall–Kier alpha value is -2.05. The number of nitrogens with zero attached hydrogens (tertiary/aromatic N) is 6. The van der Waals surface area contributed by atoms with Crippen LogP contribution in [0.15, 0.2) is 6.20 Å². The van der Waals surface area contributed by atoms with Gasteiger partial charge < -0.3 is 0 Å². The van der Waals surface area contributed by atoms with Crippen LogP contribution < -0.4 is 0 Å². The van der Waals surface area contributed by atoms with Crippen molar-refractivity contribution in [2.24, 2.45) is 14.1 Å². The van der Waals surface area contributed by atoms with Gasteiger partial charge in [0.2, 0.25) is 0 Å². The van der Waals surface area contributed by atoms with Crippen LogP contribution in [-0.4, -0.2) is 35.8 Å². The molecule has 2 aromatic heterocycles. The van der Waals surface area contributed by atoms with Crippen LogP contribution in [0.4, 0.5) is 0 Å². The summed E-state index contributed by atoms with van der Waals surface area (Å²) in [7, 11) is 3.45. The van der Waals surface area contributed by atoms with E-state index in [4.69, 9.17) is 0 Å². The fraction of sp³-hybridized carbons (Fsp3) is 0.444. The van der Waals surface area contributed by atoms with Gasteiger partial charge in [-0.1, -0.05) is 0 Å². The molecule has 16 heavy (non-hydrogen) atoms. The summed E-state index contributed by atoms with van der Waals surface area (Å²) in [4.78, 5) is 13.2. The van der Waals surface area contributed by atoms with Gasteiger partial charge in [0.1, 0.15) is 0 Å². The first kappa shape index (κ1) is 10.5. The molecule has 2 aromatic rings. The van der Waals surface area contributed by atoms with Crippen LogP contribution in [0, 0.1) is 6.92 Å². The first-order chi connectivity index (χ1) is 7.56. The molecule has 7 nitrogen and oxygen atoms in total. The minimum Gasteiger partial charge on any atom is -0.294 e. The molecule has 0 fully saturated rings. The largest absolute Gasteiger partial charge is 0.294 e. The maximum absolute atomic E-state index is 11.9. The molecule has 0 aliphatic rings. The summed E-state index contributed by atoms with van der Waals surface area (Å²) >= 11 is 0. The van der Waals surface area contributed by atoms with Gasteiger partial charge in [-0.05, 0) is 12.1 Å². The lowest BCUT2D eigenvalue weighted by Gasteiger charge is -1.93. The van der Waals surface area contributed by atoms with Crippen molar-refractivity contribution >= 4 is 5.78 Å². The minimum atomic E-state index is -0.0430. The number of aryl methyl sites for hydroxylation is 3. The Kier molecular flexibility index (Phi) is 2.51. The molecule has 0 aliphatic heterocycles. The van der Waals surface area contributed by atoms with Crippen molar-refractivity contribution in [3.63, 3.8) is 0 Å². The van der Waals surface area contributed by atoms with Crippen LogP contribution >= 0.6 is 0 Å². The van der Waals surface area contributed by atoms with E-state index in [-0.39, 0.29) is 12.2 Å². The van der Waals surface area contributed by atoms with Gasteiger partial charge in [0, 0.05) is 13.2 Å². The number of carbonyl (C=O) groups is 1. The molecular formula is C9H12N6O. The van der Waals surface area contributed by atoms with Crippen molar-refractivity contribution in [2.75, 3.05) is 0 Å². The van der Waals surface area contributed by atoms with Crippen molar-refractivity contribution < 1.29 is 4.79 Å². The van der Waals surface area contributed by atoms with Crippen LogP contribution in [0.1, 0.15) is 21.9 Å². The Morgan fingerprint density at radius 2 is 2.12 bits per heavy atom. The van der Waals surface area contributed by atoms with Gasteiger partial charge in [0.25, 0.3) is 0 Å². The fourth-order valence-electron chi connectivity index (χ4n) is 1.51. The van der Waals surface area contributed by atoms with Crippen LogP contribution in [0.5, 0.6) is 0 Å². The van der Waals surface area contributed by atoms with Gasteiger partial charge in [0.15, 0.2) is 11.6 Å². The highest BCUT2D eigenvalue weighted by Crippen LogP contribution is 2.07. The third-order valence-corrected chi connectivity index (χ3v) is 2.18. The first-order valence-electron chi connectivity index (χ1n) is 4.82. The molecule has 0 spiro atoms.